The highest BCUT2D eigenvalue weighted by molar-refractivity contribution is 6.17. The molecule has 0 aliphatic heterocycles. The molecular weight excluding hydrogens is 468 g/mol. The molecule has 0 spiro atoms. The summed E-state index contributed by atoms with van der Waals surface area (Å²) in [6.45, 7) is 0. The van der Waals surface area contributed by atoms with Gasteiger partial charge in [-0.1, -0.05) is 36.4 Å². The van der Waals surface area contributed by atoms with Crippen molar-refractivity contribution in [2.45, 2.75) is 0 Å². The summed E-state index contributed by atoms with van der Waals surface area (Å²) in [7, 11) is 0. The zero-order valence-electron chi connectivity index (χ0n) is 19.6. The number of benzene rings is 3. The monoisotopic (exact) mass is 480 g/mol. The Labute approximate surface area is 216 Å². The van der Waals surface area contributed by atoms with Crippen molar-refractivity contribution >= 4 is 33.0 Å². The molecule has 5 aromatic rings. The van der Waals surface area contributed by atoms with E-state index in [1.807, 2.05) is 60.7 Å². The Balaban J connectivity index is 1.70. The first-order chi connectivity index (χ1) is 18.7. The summed E-state index contributed by atoms with van der Waals surface area (Å²) in [6, 6.07) is 27.6. The van der Waals surface area contributed by atoms with Gasteiger partial charge in [-0.15, -0.1) is 0 Å². The number of fused-ring (bicyclic) bond motifs is 10. The van der Waals surface area contributed by atoms with E-state index >= 15 is 0 Å². The molecule has 7 rings (SSSR count). The molecule has 2 aromatic heterocycles. The van der Waals surface area contributed by atoms with Gasteiger partial charge in [0.05, 0.1) is 11.0 Å². The van der Waals surface area contributed by atoms with Crippen LogP contribution in [0.1, 0.15) is 22.3 Å². The minimum absolute atomic E-state index is 0.00539. The van der Waals surface area contributed by atoms with E-state index in [4.69, 9.17) is 0 Å². The van der Waals surface area contributed by atoms with Crippen LogP contribution in [-0.2, 0) is 0 Å². The molecule has 2 aliphatic carbocycles. The van der Waals surface area contributed by atoms with Gasteiger partial charge in [0.2, 0.25) is 0 Å². The van der Waals surface area contributed by atoms with Crippen molar-refractivity contribution < 1.29 is 0 Å². The van der Waals surface area contributed by atoms with E-state index in [0.29, 0.717) is 22.3 Å². The Morgan fingerprint density at radius 2 is 0.921 bits per heavy atom. The molecule has 0 radical (unpaired) electrons. The van der Waals surface area contributed by atoms with Crippen molar-refractivity contribution in [3.05, 3.63) is 106 Å². The van der Waals surface area contributed by atoms with Gasteiger partial charge < -0.3 is 0 Å². The summed E-state index contributed by atoms with van der Waals surface area (Å²) >= 11 is 0. The second-order valence-corrected chi connectivity index (χ2v) is 9.02. The topological polar surface area (TPSA) is 121 Å². The SMILES string of the molecule is N#CC(C#N)=C1c2cc3c(cc2-c2c1ccc1cccnc21)-c1c(ccc2cccnc12)C3=C(C#N)C#N. The van der Waals surface area contributed by atoms with E-state index in [9.17, 15) is 21.0 Å². The summed E-state index contributed by atoms with van der Waals surface area (Å²) in [4.78, 5) is 9.32. The minimum atomic E-state index is -0.00539. The highest BCUT2D eigenvalue weighted by Crippen LogP contribution is 2.55. The molecule has 0 amide bonds. The lowest BCUT2D eigenvalue weighted by atomic mass is 9.93. The molecule has 0 saturated carbocycles. The first-order valence-corrected chi connectivity index (χ1v) is 11.7. The average Bonchev–Trinajstić information content (AvgIpc) is 3.46. The molecule has 38 heavy (non-hydrogen) atoms. The van der Waals surface area contributed by atoms with Gasteiger partial charge in [-0.05, 0) is 57.6 Å². The normalized spacial score (nSPS) is 12.0. The summed E-state index contributed by atoms with van der Waals surface area (Å²) in [5.41, 5.74) is 8.92. The van der Waals surface area contributed by atoms with Crippen LogP contribution in [0, 0.1) is 45.3 Å². The zero-order valence-corrected chi connectivity index (χ0v) is 19.6. The number of rotatable bonds is 0. The van der Waals surface area contributed by atoms with Gasteiger partial charge >= 0.3 is 0 Å². The molecule has 0 N–H and O–H groups in total. The molecule has 0 saturated heterocycles. The molecule has 0 fully saturated rings. The average molecular weight is 480 g/mol. The molecule has 6 heteroatoms. The third-order valence-electron chi connectivity index (χ3n) is 7.27. The number of hydrogen-bond donors (Lipinski definition) is 0. The first-order valence-electron chi connectivity index (χ1n) is 11.7. The molecule has 0 bridgehead atoms. The lowest BCUT2D eigenvalue weighted by Gasteiger charge is -2.09. The predicted octanol–water partition coefficient (Wildman–Crippen LogP) is 6.44. The molecule has 0 unspecified atom stereocenters. The molecular formula is C32H12N6. The molecule has 6 nitrogen and oxygen atoms in total. The van der Waals surface area contributed by atoms with Crippen LogP contribution in [0.25, 0.3) is 55.2 Å². The predicted molar refractivity (Wildman–Crippen MR) is 142 cm³/mol. The van der Waals surface area contributed by atoms with Gasteiger partial charge in [0, 0.05) is 45.4 Å². The largest absolute Gasteiger partial charge is 0.256 e. The van der Waals surface area contributed by atoms with Gasteiger partial charge in [0.25, 0.3) is 0 Å². The third-order valence-corrected chi connectivity index (χ3v) is 7.27. The molecule has 3 aromatic carbocycles. The van der Waals surface area contributed by atoms with Crippen molar-refractivity contribution in [2.24, 2.45) is 0 Å². The Morgan fingerprint density at radius 1 is 0.500 bits per heavy atom. The van der Waals surface area contributed by atoms with Crippen molar-refractivity contribution in [2.75, 3.05) is 0 Å². The quantitative estimate of drug-likeness (QED) is 0.230. The second-order valence-electron chi connectivity index (χ2n) is 9.02. The summed E-state index contributed by atoms with van der Waals surface area (Å²) in [5.74, 6) is 0. The van der Waals surface area contributed by atoms with E-state index in [1.54, 1.807) is 12.4 Å². The van der Waals surface area contributed by atoms with Crippen LogP contribution < -0.4 is 0 Å². The number of pyridine rings is 2. The van der Waals surface area contributed by atoms with Gasteiger partial charge in [-0.3, -0.25) is 9.97 Å². The maximum absolute atomic E-state index is 9.87. The highest BCUT2D eigenvalue weighted by Gasteiger charge is 2.35. The fraction of sp³-hybridized carbons (Fsp3) is 0. The number of nitriles is 4. The van der Waals surface area contributed by atoms with Crippen LogP contribution in [0.15, 0.2) is 84.2 Å². The number of hydrogen-bond acceptors (Lipinski definition) is 6. The lowest BCUT2D eigenvalue weighted by molar-refractivity contribution is 1.41. The van der Waals surface area contributed by atoms with Crippen LogP contribution in [0.2, 0.25) is 0 Å². The van der Waals surface area contributed by atoms with E-state index in [1.165, 1.54) is 0 Å². The third kappa shape index (κ3) is 2.61. The Morgan fingerprint density at radius 3 is 1.34 bits per heavy atom. The standard InChI is InChI=1S/C32H12N6/c33-13-19(14-34)27-21-7-5-17-3-1-9-37-31(17)29(21)25-12-26-24(11-23(25)27)28(20(15-35)16-36)22-8-6-18-4-2-10-38-32(18)30(22)26/h1-12H. The smallest absolute Gasteiger partial charge is 0.138 e. The highest BCUT2D eigenvalue weighted by atomic mass is 14.7. The number of nitrogens with zero attached hydrogens (tertiary/aromatic N) is 6. The minimum Gasteiger partial charge on any atom is -0.256 e. The van der Waals surface area contributed by atoms with Crippen LogP contribution in [0.3, 0.4) is 0 Å². The van der Waals surface area contributed by atoms with E-state index in [0.717, 1.165) is 55.2 Å². The van der Waals surface area contributed by atoms with Gasteiger partial charge in [0.1, 0.15) is 35.4 Å². The summed E-state index contributed by atoms with van der Waals surface area (Å²) < 4.78 is 0. The Bertz CT molecular complexity index is 1990. The zero-order chi connectivity index (χ0) is 26.0. The van der Waals surface area contributed by atoms with Crippen LogP contribution in [-0.4, -0.2) is 9.97 Å². The number of aromatic nitrogens is 2. The van der Waals surface area contributed by atoms with Gasteiger partial charge in [0.15, 0.2) is 0 Å². The van der Waals surface area contributed by atoms with Crippen LogP contribution in [0.4, 0.5) is 0 Å². The first kappa shape index (κ1) is 21.2. The van der Waals surface area contributed by atoms with Crippen molar-refractivity contribution in [3.8, 4) is 46.5 Å². The van der Waals surface area contributed by atoms with Crippen molar-refractivity contribution in [1.29, 1.82) is 21.0 Å². The van der Waals surface area contributed by atoms with E-state index in [-0.39, 0.29) is 11.1 Å². The van der Waals surface area contributed by atoms with Crippen LogP contribution >= 0.6 is 0 Å². The molecule has 2 heterocycles. The Hall–Kier alpha value is -6.08. The van der Waals surface area contributed by atoms with Gasteiger partial charge in [-0.2, -0.15) is 21.0 Å². The van der Waals surface area contributed by atoms with Crippen LogP contribution in [0.5, 0.6) is 0 Å². The van der Waals surface area contributed by atoms with E-state index < -0.39 is 0 Å². The second kappa shape index (κ2) is 7.71. The number of allylic oxidation sites excluding steroid dienone is 2. The maximum Gasteiger partial charge on any atom is 0.138 e. The Kier molecular flexibility index (Phi) is 4.31. The lowest BCUT2D eigenvalue weighted by Crippen LogP contribution is -1.91. The summed E-state index contributed by atoms with van der Waals surface area (Å²) in [6.07, 6.45) is 3.46. The molecule has 170 valence electrons. The molecule has 0 atom stereocenters. The van der Waals surface area contributed by atoms with Crippen molar-refractivity contribution in [1.82, 2.24) is 9.97 Å². The summed E-state index contributed by atoms with van der Waals surface area (Å²) in [5, 5.41) is 41.4. The van der Waals surface area contributed by atoms with Gasteiger partial charge in [-0.25, -0.2) is 0 Å². The molecule has 2 aliphatic rings. The fourth-order valence-corrected chi connectivity index (χ4v) is 5.78. The van der Waals surface area contributed by atoms with E-state index in [2.05, 4.69) is 34.2 Å². The van der Waals surface area contributed by atoms with Crippen molar-refractivity contribution in [3.63, 3.8) is 0 Å². The fourth-order valence-electron chi connectivity index (χ4n) is 5.78. The maximum atomic E-state index is 9.87.